The Morgan fingerprint density at radius 3 is 2.48 bits per heavy atom. The van der Waals surface area contributed by atoms with Gasteiger partial charge in [-0.05, 0) is 44.2 Å². The van der Waals surface area contributed by atoms with Crippen LogP contribution in [0.4, 0.5) is 5.82 Å². The molecule has 0 unspecified atom stereocenters. The van der Waals surface area contributed by atoms with E-state index >= 15 is 0 Å². The number of amides is 1. The summed E-state index contributed by atoms with van der Waals surface area (Å²) >= 11 is 0. The molecule has 0 atom stereocenters. The third kappa shape index (κ3) is 6.61. The van der Waals surface area contributed by atoms with E-state index in [1.165, 1.54) is 0 Å². The first-order valence-electron chi connectivity index (χ1n) is 7.65. The molecule has 4 nitrogen and oxygen atoms in total. The molecule has 0 spiro atoms. The van der Waals surface area contributed by atoms with Crippen LogP contribution in [0.2, 0.25) is 0 Å². The highest BCUT2D eigenvalue weighted by Crippen LogP contribution is 2.27. The maximum absolute atomic E-state index is 12.4. The Morgan fingerprint density at radius 1 is 1.24 bits per heavy atom. The number of nitrogens with one attached hydrogen (secondary N) is 2. The predicted molar refractivity (Wildman–Crippen MR) is 88.6 cm³/mol. The van der Waals surface area contributed by atoms with Gasteiger partial charge in [-0.3, -0.25) is 4.79 Å². The fraction of sp³-hybridized carbons (Fsp3) is 0.647. The van der Waals surface area contributed by atoms with Gasteiger partial charge in [-0.15, -0.1) is 0 Å². The van der Waals surface area contributed by atoms with E-state index < -0.39 is 0 Å². The molecule has 4 heteroatoms. The summed E-state index contributed by atoms with van der Waals surface area (Å²) in [6, 6.07) is 3.55. The van der Waals surface area contributed by atoms with Gasteiger partial charge < -0.3 is 10.6 Å². The van der Waals surface area contributed by atoms with Gasteiger partial charge >= 0.3 is 0 Å². The first kappa shape index (κ1) is 17.5. The molecule has 0 aromatic carbocycles. The Bertz CT molecular complexity index is 475. The average molecular weight is 291 g/mol. The van der Waals surface area contributed by atoms with Gasteiger partial charge in [0.25, 0.3) is 5.91 Å². The fourth-order valence-corrected chi connectivity index (χ4v) is 2.67. The Hall–Kier alpha value is -1.58. The van der Waals surface area contributed by atoms with Crippen LogP contribution in [0.1, 0.15) is 64.7 Å². The molecule has 0 bridgehead atoms. The number of nitrogens with zero attached hydrogens (tertiary/aromatic N) is 1. The molecular weight excluding hydrogens is 262 g/mol. The molecule has 0 saturated heterocycles. The first-order chi connectivity index (χ1) is 9.63. The fourth-order valence-electron chi connectivity index (χ4n) is 2.67. The Balaban J connectivity index is 2.75. The molecule has 1 amide bonds. The third-order valence-corrected chi connectivity index (χ3v) is 3.00. The van der Waals surface area contributed by atoms with E-state index in [0.29, 0.717) is 5.56 Å². The van der Waals surface area contributed by atoms with Gasteiger partial charge in [0.15, 0.2) is 0 Å². The highest BCUT2D eigenvalue weighted by molar-refractivity contribution is 5.95. The topological polar surface area (TPSA) is 54.0 Å². The van der Waals surface area contributed by atoms with Crippen molar-refractivity contribution in [3.8, 4) is 0 Å². The predicted octanol–water partition coefficient (Wildman–Crippen LogP) is 3.85. The van der Waals surface area contributed by atoms with Crippen molar-refractivity contribution in [2.75, 3.05) is 11.9 Å². The minimum absolute atomic E-state index is 0.0498. The normalized spacial score (nSPS) is 12.1. The van der Waals surface area contributed by atoms with Crippen LogP contribution in [0.5, 0.6) is 0 Å². The van der Waals surface area contributed by atoms with Gasteiger partial charge in [0.2, 0.25) is 0 Å². The van der Waals surface area contributed by atoms with E-state index in [1.54, 1.807) is 18.3 Å². The largest absolute Gasteiger partial charge is 0.370 e. The first-order valence-corrected chi connectivity index (χ1v) is 7.65. The maximum atomic E-state index is 12.4. The van der Waals surface area contributed by atoms with Crippen molar-refractivity contribution in [3.63, 3.8) is 0 Å². The number of anilines is 1. The Morgan fingerprint density at radius 2 is 1.90 bits per heavy atom. The average Bonchev–Trinajstić information content (AvgIpc) is 2.33. The number of aromatic nitrogens is 1. The number of hydrogen-bond acceptors (Lipinski definition) is 3. The van der Waals surface area contributed by atoms with E-state index in [2.05, 4.69) is 57.2 Å². The van der Waals surface area contributed by atoms with E-state index in [-0.39, 0.29) is 16.9 Å². The lowest BCUT2D eigenvalue weighted by Crippen LogP contribution is -2.45. The van der Waals surface area contributed by atoms with Crippen LogP contribution in [-0.2, 0) is 0 Å². The number of carbonyl (C=O) groups is 1. The van der Waals surface area contributed by atoms with Crippen LogP contribution in [0.15, 0.2) is 18.3 Å². The van der Waals surface area contributed by atoms with Crippen molar-refractivity contribution >= 4 is 11.7 Å². The van der Waals surface area contributed by atoms with Crippen molar-refractivity contribution < 1.29 is 4.79 Å². The van der Waals surface area contributed by atoms with Gasteiger partial charge in [-0.1, -0.05) is 27.7 Å². The molecule has 21 heavy (non-hydrogen) atoms. The minimum Gasteiger partial charge on any atom is -0.370 e. The van der Waals surface area contributed by atoms with Gasteiger partial charge in [-0.25, -0.2) is 4.98 Å². The van der Waals surface area contributed by atoms with Crippen molar-refractivity contribution in [2.45, 2.75) is 59.9 Å². The summed E-state index contributed by atoms with van der Waals surface area (Å²) in [6.45, 7) is 13.6. The molecule has 1 aromatic rings. The molecule has 1 heterocycles. The van der Waals surface area contributed by atoms with Crippen LogP contribution in [0.25, 0.3) is 0 Å². The standard InChI is InChI=1S/C17H29N3O/c1-7-9-18-14-11-13(8-10-19-14)15(21)20-17(5,6)12-16(2,3)4/h8,10-11H,7,9,12H2,1-6H3,(H,18,19)(H,20,21). The second kappa shape index (κ2) is 6.92. The molecule has 0 aliphatic rings. The lowest BCUT2D eigenvalue weighted by Gasteiger charge is -2.33. The van der Waals surface area contributed by atoms with Crippen molar-refractivity contribution in [1.29, 1.82) is 0 Å². The second-order valence-electron chi connectivity index (χ2n) is 7.43. The number of pyridine rings is 1. The third-order valence-electron chi connectivity index (χ3n) is 3.00. The zero-order valence-corrected chi connectivity index (χ0v) is 14.2. The molecule has 1 aromatic heterocycles. The molecule has 0 radical (unpaired) electrons. The molecule has 0 saturated carbocycles. The summed E-state index contributed by atoms with van der Waals surface area (Å²) in [5, 5.41) is 6.32. The molecule has 2 N–H and O–H groups in total. The van der Waals surface area contributed by atoms with Crippen LogP contribution >= 0.6 is 0 Å². The van der Waals surface area contributed by atoms with E-state index in [0.717, 1.165) is 25.2 Å². The van der Waals surface area contributed by atoms with Crippen LogP contribution in [-0.4, -0.2) is 23.0 Å². The zero-order chi connectivity index (χ0) is 16.1. The second-order valence-corrected chi connectivity index (χ2v) is 7.43. The summed E-state index contributed by atoms with van der Waals surface area (Å²) < 4.78 is 0. The van der Waals surface area contributed by atoms with Crippen LogP contribution in [0.3, 0.4) is 0 Å². The summed E-state index contributed by atoms with van der Waals surface area (Å²) in [5.74, 6) is 0.698. The van der Waals surface area contributed by atoms with Crippen molar-refractivity contribution in [2.24, 2.45) is 5.41 Å². The summed E-state index contributed by atoms with van der Waals surface area (Å²) in [6.07, 6.45) is 3.61. The molecule has 0 fully saturated rings. The van der Waals surface area contributed by atoms with Gasteiger partial charge in [-0.2, -0.15) is 0 Å². The van der Waals surface area contributed by atoms with Crippen LogP contribution in [0, 0.1) is 5.41 Å². The SMILES string of the molecule is CCCNc1cc(C(=O)NC(C)(C)CC(C)(C)C)ccn1. The molecule has 118 valence electrons. The van der Waals surface area contributed by atoms with E-state index in [1.807, 2.05) is 0 Å². The monoisotopic (exact) mass is 291 g/mol. The highest BCUT2D eigenvalue weighted by atomic mass is 16.1. The smallest absolute Gasteiger partial charge is 0.251 e. The maximum Gasteiger partial charge on any atom is 0.251 e. The van der Waals surface area contributed by atoms with Gasteiger partial charge in [0.05, 0.1) is 0 Å². The number of hydrogen-bond donors (Lipinski definition) is 2. The van der Waals surface area contributed by atoms with Crippen molar-refractivity contribution in [3.05, 3.63) is 23.9 Å². The van der Waals surface area contributed by atoms with Gasteiger partial charge in [0, 0.05) is 23.8 Å². The van der Waals surface area contributed by atoms with E-state index in [9.17, 15) is 4.79 Å². The van der Waals surface area contributed by atoms with Gasteiger partial charge in [0.1, 0.15) is 5.82 Å². The minimum atomic E-state index is -0.240. The van der Waals surface area contributed by atoms with Crippen molar-refractivity contribution in [1.82, 2.24) is 10.3 Å². The summed E-state index contributed by atoms with van der Waals surface area (Å²) in [4.78, 5) is 16.6. The highest BCUT2D eigenvalue weighted by Gasteiger charge is 2.27. The summed E-state index contributed by atoms with van der Waals surface area (Å²) in [5.41, 5.74) is 0.573. The number of rotatable bonds is 6. The Kier molecular flexibility index (Phi) is 5.76. The summed E-state index contributed by atoms with van der Waals surface area (Å²) in [7, 11) is 0. The number of carbonyl (C=O) groups excluding carboxylic acids is 1. The molecule has 0 aliphatic carbocycles. The quantitative estimate of drug-likeness (QED) is 0.837. The lowest BCUT2D eigenvalue weighted by atomic mass is 9.81. The van der Waals surface area contributed by atoms with E-state index in [4.69, 9.17) is 0 Å². The van der Waals surface area contributed by atoms with Crippen LogP contribution < -0.4 is 10.6 Å². The molecule has 0 aliphatic heterocycles. The molecular formula is C17H29N3O. The molecule has 1 rings (SSSR count). The zero-order valence-electron chi connectivity index (χ0n) is 14.2. The lowest BCUT2D eigenvalue weighted by molar-refractivity contribution is 0.0891. The Labute approximate surface area is 128 Å².